The van der Waals surface area contributed by atoms with Gasteiger partial charge < -0.3 is 9.47 Å². The number of nitrogens with zero attached hydrogens (tertiary/aromatic N) is 6. The molecule has 1 amide bonds. The van der Waals surface area contributed by atoms with Gasteiger partial charge >= 0.3 is 0 Å². The van der Waals surface area contributed by atoms with Gasteiger partial charge in [0.15, 0.2) is 5.82 Å². The van der Waals surface area contributed by atoms with Crippen LogP contribution in [0.1, 0.15) is 34.7 Å². The smallest absolute Gasteiger partial charge is 0.272 e. The number of aryl methyl sites for hydroxylation is 2. The van der Waals surface area contributed by atoms with Gasteiger partial charge in [-0.3, -0.25) is 9.78 Å². The average molecular weight is 376 g/mol. The highest BCUT2D eigenvalue weighted by atomic mass is 16.2. The van der Waals surface area contributed by atoms with Crippen molar-refractivity contribution in [1.82, 2.24) is 29.4 Å². The molecule has 0 N–H and O–H groups in total. The molecule has 1 aliphatic rings. The molecule has 0 aliphatic carbocycles. The lowest BCUT2D eigenvalue weighted by molar-refractivity contribution is 0.0684. The van der Waals surface area contributed by atoms with Gasteiger partial charge in [0.2, 0.25) is 0 Å². The molecule has 0 bridgehead atoms. The van der Waals surface area contributed by atoms with Crippen molar-refractivity contribution >= 4 is 5.91 Å². The second kappa shape index (κ2) is 7.88. The number of rotatable bonds is 4. The van der Waals surface area contributed by atoms with Crippen LogP contribution in [0.15, 0.2) is 43.0 Å². The molecular weight excluding hydrogens is 352 g/mol. The van der Waals surface area contributed by atoms with E-state index >= 15 is 0 Å². The monoisotopic (exact) mass is 376 g/mol. The first-order valence-corrected chi connectivity index (χ1v) is 9.61. The van der Waals surface area contributed by atoms with E-state index < -0.39 is 0 Å². The quantitative estimate of drug-likeness (QED) is 0.700. The van der Waals surface area contributed by atoms with Gasteiger partial charge in [-0.1, -0.05) is 6.07 Å². The van der Waals surface area contributed by atoms with Crippen molar-refractivity contribution in [1.29, 1.82) is 0 Å². The summed E-state index contributed by atoms with van der Waals surface area (Å²) in [5.74, 6) is 1.36. The van der Waals surface area contributed by atoms with Crippen LogP contribution in [-0.4, -0.2) is 48.4 Å². The van der Waals surface area contributed by atoms with Crippen molar-refractivity contribution in [2.24, 2.45) is 13.0 Å². The third-order valence-electron chi connectivity index (χ3n) is 5.26. The van der Waals surface area contributed by atoms with Gasteiger partial charge in [-0.15, -0.1) is 0 Å². The van der Waals surface area contributed by atoms with Crippen molar-refractivity contribution < 1.29 is 4.79 Å². The molecule has 0 saturated carbocycles. The van der Waals surface area contributed by atoms with E-state index in [0.29, 0.717) is 11.6 Å². The Morgan fingerprint density at radius 1 is 1.14 bits per heavy atom. The fourth-order valence-corrected chi connectivity index (χ4v) is 3.65. The van der Waals surface area contributed by atoms with Crippen LogP contribution < -0.4 is 0 Å². The van der Waals surface area contributed by atoms with E-state index in [1.807, 2.05) is 48.0 Å². The molecule has 1 fully saturated rings. The number of hydrogen-bond acceptors (Lipinski definition) is 5. The molecule has 7 heteroatoms. The van der Waals surface area contributed by atoms with E-state index in [9.17, 15) is 4.79 Å². The number of likely N-dealkylation sites (tertiary alicyclic amines) is 1. The summed E-state index contributed by atoms with van der Waals surface area (Å²) in [6.45, 7) is 3.43. The first kappa shape index (κ1) is 18.3. The highest BCUT2D eigenvalue weighted by molar-refractivity contribution is 5.92. The lowest BCUT2D eigenvalue weighted by atomic mass is 9.92. The Labute approximate surface area is 164 Å². The molecule has 3 aromatic rings. The van der Waals surface area contributed by atoms with Crippen LogP contribution in [0.4, 0.5) is 0 Å². The molecule has 0 radical (unpaired) electrons. The summed E-state index contributed by atoms with van der Waals surface area (Å²) in [5.41, 5.74) is 3.17. The SMILES string of the molecule is Cc1cccc(C(=O)N2CCC(Cc3cnc(-c4nccn4C)cn3)CC2)n1. The zero-order valence-electron chi connectivity index (χ0n) is 16.2. The van der Waals surface area contributed by atoms with E-state index in [0.717, 1.165) is 55.3 Å². The van der Waals surface area contributed by atoms with Gasteiger partial charge in [0, 0.05) is 44.4 Å². The van der Waals surface area contributed by atoms with Gasteiger partial charge in [0.25, 0.3) is 5.91 Å². The Morgan fingerprint density at radius 2 is 1.96 bits per heavy atom. The molecule has 28 heavy (non-hydrogen) atoms. The van der Waals surface area contributed by atoms with Crippen molar-refractivity contribution in [3.63, 3.8) is 0 Å². The molecule has 0 unspecified atom stereocenters. The van der Waals surface area contributed by atoms with Crippen LogP contribution >= 0.6 is 0 Å². The molecule has 1 aliphatic heterocycles. The first-order valence-electron chi connectivity index (χ1n) is 9.61. The maximum atomic E-state index is 12.6. The zero-order chi connectivity index (χ0) is 19.5. The summed E-state index contributed by atoms with van der Waals surface area (Å²) >= 11 is 0. The summed E-state index contributed by atoms with van der Waals surface area (Å²) in [6.07, 6.45) is 10.1. The fourth-order valence-electron chi connectivity index (χ4n) is 3.65. The summed E-state index contributed by atoms with van der Waals surface area (Å²) in [4.78, 5) is 32.3. The molecule has 144 valence electrons. The predicted molar refractivity (Wildman–Crippen MR) is 106 cm³/mol. The molecule has 0 spiro atoms. The van der Waals surface area contributed by atoms with E-state index in [1.54, 1.807) is 18.5 Å². The number of aromatic nitrogens is 5. The second-order valence-corrected chi connectivity index (χ2v) is 7.36. The normalized spacial score (nSPS) is 15.0. The van der Waals surface area contributed by atoms with Gasteiger partial charge in [-0.2, -0.15) is 0 Å². The molecule has 4 rings (SSSR count). The lowest BCUT2D eigenvalue weighted by Gasteiger charge is -2.31. The minimum absolute atomic E-state index is 0.0290. The number of hydrogen-bond donors (Lipinski definition) is 0. The summed E-state index contributed by atoms with van der Waals surface area (Å²) in [6, 6.07) is 5.58. The third-order valence-corrected chi connectivity index (χ3v) is 5.26. The number of amides is 1. The van der Waals surface area contributed by atoms with E-state index in [1.165, 1.54) is 0 Å². The van der Waals surface area contributed by atoms with Gasteiger partial charge in [-0.25, -0.2) is 15.0 Å². The van der Waals surface area contributed by atoms with Crippen LogP contribution in [0.3, 0.4) is 0 Å². The Hall–Kier alpha value is -3.09. The Morgan fingerprint density at radius 3 is 2.61 bits per heavy atom. The summed E-state index contributed by atoms with van der Waals surface area (Å²) in [5, 5.41) is 0. The third kappa shape index (κ3) is 3.93. The standard InChI is InChI=1S/C21H24N6O/c1-15-4-3-5-18(25-15)21(28)27-9-6-16(7-10-27)12-17-13-24-19(14-23-17)20-22-8-11-26(20)2/h3-5,8,11,13-14,16H,6-7,9-10,12H2,1-2H3. The maximum Gasteiger partial charge on any atom is 0.272 e. The molecule has 7 nitrogen and oxygen atoms in total. The lowest BCUT2D eigenvalue weighted by Crippen LogP contribution is -2.39. The van der Waals surface area contributed by atoms with Crippen molar-refractivity contribution in [3.8, 4) is 11.5 Å². The maximum absolute atomic E-state index is 12.6. The highest BCUT2D eigenvalue weighted by Crippen LogP contribution is 2.22. The number of piperidine rings is 1. The molecule has 4 heterocycles. The minimum atomic E-state index is 0.0290. The topological polar surface area (TPSA) is 76.8 Å². The Kier molecular flexibility index (Phi) is 5.14. The highest BCUT2D eigenvalue weighted by Gasteiger charge is 2.25. The first-order chi connectivity index (χ1) is 13.6. The molecule has 1 saturated heterocycles. The number of carbonyl (C=O) groups is 1. The second-order valence-electron chi connectivity index (χ2n) is 7.36. The van der Waals surface area contributed by atoms with Gasteiger partial charge in [0.05, 0.1) is 11.9 Å². The molecule has 0 aromatic carbocycles. The average Bonchev–Trinajstić information content (AvgIpc) is 3.14. The Balaban J connectivity index is 1.33. The number of pyridine rings is 1. The van der Waals surface area contributed by atoms with Crippen molar-refractivity contribution in [2.75, 3.05) is 13.1 Å². The molecule has 3 aromatic heterocycles. The minimum Gasteiger partial charge on any atom is -0.337 e. The van der Waals surface area contributed by atoms with Crippen LogP contribution in [-0.2, 0) is 13.5 Å². The summed E-state index contributed by atoms with van der Waals surface area (Å²) in [7, 11) is 1.94. The van der Waals surface area contributed by atoms with Crippen LogP contribution in [0, 0.1) is 12.8 Å². The van der Waals surface area contributed by atoms with Gasteiger partial charge in [0.1, 0.15) is 11.4 Å². The molecular formula is C21H24N6O. The van der Waals surface area contributed by atoms with Crippen LogP contribution in [0.2, 0.25) is 0 Å². The largest absolute Gasteiger partial charge is 0.337 e. The van der Waals surface area contributed by atoms with Crippen LogP contribution in [0.5, 0.6) is 0 Å². The van der Waals surface area contributed by atoms with E-state index in [2.05, 4.69) is 19.9 Å². The van der Waals surface area contributed by atoms with Crippen molar-refractivity contribution in [2.45, 2.75) is 26.2 Å². The fraction of sp³-hybridized carbons (Fsp3) is 0.381. The zero-order valence-corrected chi connectivity index (χ0v) is 16.2. The van der Waals surface area contributed by atoms with Crippen LogP contribution in [0.25, 0.3) is 11.5 Å². The van der Waals surface area contributed by atoms with Gasteiger partial charge in [-0.05, 0) is 44.2 Å². The predicted octanol–water partition coefficient (Wildman–Crippen LogP) is 2.68. The van der Waals surface area contributed by atoms with E-state index in [4.69, 9.17) is 0 Å². The number of carbonyl (C=O) groups excluding carboxylic acids is 1. The molecule has 0 atom stereocenters. The number of imidazole rings is 1. The van der Waals surface area contributed by atoms with Crippen molar-refractivity contribution in [3.05, 3.63) is 60.1 Å². The van der Waals surface area contributed by atoms with E-state index in [-0.39, 0.29) is 5.91 Å². The Bertz CT molecular complexity index is 957. The summed E-state index contributed by atoms with van der Waals surface area (Å²) < 4.78 is 1.93.